The molecule has 172 valence electrons. The Morgan fingerprint density at radius 3 is 2.48 bits per heavy atom. The van der Waals surface area contributed by atoms with Gasteiger partial charge in [0.05, 0.1) is 22.4 Å². The molecule has 2 amide bonds. The summed E-state index contributed by atoms with van der Waals surface area (Å²) < 4.78 is 16.7. The van der Waals surface area contributed by atoms with Gasteiger partial charge < -0.3 is 5.73 Å². The molecule has 0 radical (unpaired) electrons. The molecule has 4 rings (SSSR count). The largest absolute Gasteiger partial charge is 0.368 e. The van der Waals surface area contributed by atoms with Crippen LogP contribution in [-0.2, 0) is 15.0 Å². The maximum Gasteiger partial charge on any atom is 0.238 e. The number of aromatic nitrogens is 2. The van der Waals surface area contributed by atoms with Crippen LogP contribution in [0, 0.1) is 12.7 Å². The number of amides is 2. The monoisotopic (exact) mass is 466 g/mol. The first-order valence-corrected chi connectivity index (χ1v) is 11.8. The van der Waals surface area contributed by atoms with Gasteiger partial charge in [0.15, 0.2) is 0 Å². The number of nitrogens with zero attached hydrogens (tertiary/aromatic N) is 3. The van der Waals surface area contributed by atoms with Crippen LogP contribution in [-0.4, -0.2) is 33.9 Å². The molecule has 2 aromatic carbocycles. The molecule has 6 nitrogen and oxygen atoms in total. The molecular formula is C25H27FN4O2S. The lowest BCUT2D eigenvalue weighted by Crippen LogP contribution is -2.40. The third-order valence-electron chi connectivity index (χ3n) is 5.64. The number of halogens is 1. The zero-order valence-electron chi connectivity index (χ0n) is 19.1. The van der Waals surface area contributed by atoms with Crippen LogP contribution < -0.4 is 10.6 Å². The quantitative estimate of drug-likeness (QED) is 0.623. The number of fused-ring (bicyclic) bond motifs is 1. The summed E-state index contributed by atoms with van der Waals surface area (Å²) in [5.74, 6) is -0.692. The zero-order chi connectivity index (χ0) is 23.9. The molecule has 33 heavy (non-hydrogen) atoms. The number of thioether (sulfide) groups is 1. The predicted molar refractivity (Wildman–Crippen MR) is 129 cm³/mol. The van der Waals surface area contributed by atoms with Crippen LogP contribution in [0.2, 0.25) is 0 Å². The van der Waals surface area contributed by atoms with Crippen LogP contribution in [0.4, 0.5) is 10.2 Å². The number of hydrogen-bond donors (Lipinski definition) is 1. The van der Waals surface area contributed by atoms with Gasteiger partial charge in [-0.25, -0.2) is 9.07 Å². The van der Waals surface area contributed by atoms with Crippen LogP contribution in [0.5, 0.6) is 0 Å². The Bertz CT molecular complexity index is 1230. The number of nitrogens with two attached hydrogens (primary N) is 1. The van der Waals surface area contributed by atoms with E-state index in [1.807, 2.05) is 52.0 Å². The van der Waals surface area contributed by atoms with Crippen molar-refractivity contribution in [1.82, 2.24) is 9.78 Å². The number of hydrogen-bond acceptors (Lipinski definition) is 4. The molecule has 0 aliphatic carbocycles. The molecule has 2 heterocycles. The molecule has 0 saturated heterocycles. The van der Waals surface area contributed by atoms with Crippen molar-refractivity contribution in [3.63, 3.8) is 0 Å². The van der Waals surface area contributed by atoms with Crippen molar-refractivity contribution >= 4 is 29.4 Å². The third-order valence-corrected chi connectivity index (χ3v) is 6.88. The average Bonchev–Trinajstić information content (AvgIpc) is 3.08. The molecule has 8 heteroatoms. The van der Waals surface area contributed by atoms with E-state index in [-0.39, 0.29) is 24.0 Å². The lowest BCUT2D eigenvalue weighted by atomic mass is 9.87. The Balaban J connectivity index is 2.11. The smallest absolute Gasteiger partial charge is 0.238 e. The second-order valence-electron chi connectivity index (χ2n) is 9.19. The van der Waals surface area contributed by atoms with Gasteiger partial charge in [-0.3, -0.25) is 14.5 Å². The first-order valence-electron chi connectivity index (χ1n) is 10.7. The molecule has 0 spiro atoms. The fourth-order valence-electron chi connectivity index (χ4n) is 4.13. The van der Waals surface area contributed by atoms with Gasteiger partial charge in [-0.2, -0.15) is 5.10 Å². The molecule has 0 unspecified atom stereocenters. The number of carbonyl (C=O) groups is 2. The summed E-state index contributed by atoms with van der Waals surface area (Å²) in [4.78, 5) is 26.7. The Morgan fingerprint density at radius 2 is 1.85 bits per heavy atom. The van der Waals surface area contributed by atoms with Crippen molar-refractivity contribution in [2.24, 2.45) is 5.73 Å². The summed E-state index contributed by atoms with van der Waals surface area (Å²) in [6.07, 6.45) is 0. The molecule has 1 atom stereocenters. The minimum Gasteiger partial charge on any atom is -0.368 e. The van der Waals surface area contributed by atoms with E-state index in [1.54, 1.807) is 22.9 Å². The molecule has 1 aliphatic heterocycles. The van der Waals surface area contributed by atoms with Crippen molar-refractivity contribution in [3.8, 4) is 5.69 Å². The van der Waals surface area contributed by atoms with Crippen LogP contribution in [0.1, 0.15) is 48.4 Å². The van der Waals surface area contributed by atoms with Gasteiger partial charge >= 0.3 is 0 Å². The Kier molecular flexibility index (Phi) is 6.05. The lowest BCUT2D eigenvalue weighted by molar-refractivity contribution is -0.121. The Morgan fingerprint density at radius 1 is 1.18 bits per heavy atom. The number of aryl methyl sites for hydroxylation is 1. The molecular weight excluding hydrogens is 439 g/mol. The number of rotatable bonds is 4. The first-order chi connectivity index (χ1) is 15.6. The zero-order valence-corrected chi connectivity index (χ0v) is 19.9. The summed E-state index contributed by atoms with van der Waals surface area (Å²) >= 11 is 1.34. The van der Waals surface area contributed by atoms with E-state index in [4.69, 9.17) is 10.8 Å². The fourth-order valence-corrected chi connectivity index (χ4v) is 5.35. The van der Waals surface area contributed by atoms with E-state index in [2.05, 4.69) is 0 Å². The van der Waals surface area contributed by atoms with Gasteiger partial charge in [0.1, 0.15) is 18.2 Å². The third kappa shape index (κ3) is 4.27. The minimum atomic E-state index is -0.626. The summed E-state index contributed by atoms with van der Waals surface area (Å²) in [6, 6.07) is 14.3. The Hall–Kier alpha value is -3.13. The summed E-state index contributed by atoms with van der Waals surface area (Å²) in [6.45, 7) is 7.78. The topological polar surface area (TPSA) is 81.2 Å². The number of benzene rings is 2. The van der Waals surface area contributed by atoms with Gasteiger partial charge in [-0.1, -0.05) is 57.2 Å². The van der Waals surface area contributed by atoms with E-state index >= 15 is 4.39 Å². The number of primary amides is 1. The molecule has 0 bridgehead atoms. The van der Waals surface area contributed by atoms with E-state index < -0.39 is 16.6 Å². The minimum absolute atomic E-state index is 0.0817. The summed E-state index contributed by atoms with van der Waals surface area (Å²) in [7, 11) is 0. The molecule has 0 saturated carbocycles. The molecule has 1 aliphatic rings. The van der Waals surface area contributed by atoms with E-state index in [0.717, 1.165) is 22.5 Å². The van der Waals surface area contributed by atoms with Gasteiger partial charge in [-0.05, 0) is 24.6 Å². The molecule has 0 fully saturated rings. The standard InChI is InChI=1S/C25H27FN4O2S/c1-15-9-5-8-12-18(15)30-24-21(23(28-30)25(2,3)4)22(16-10-6-7-11-17(16)26)33-14-20(32)29(24)13-19(27)31/h5-12,22H,13-14H2,1-4H3,(H2,27,31)/t22-/m0/s1. The van der Waals surface area contributed by atoms with E-state index in [9.17, 15) is 9.59 Å². The van der Waals surface area contributed by atoms with E-state index in [1.165, 1.54) is 22.7 Å². The van der Waals surface area contributed by atoms with Crippen molar-refractivity contribution in [2.45, 2.75) is 38.4 Å². The second-order valence-corrected chi connectivity index (χ2v) is 10.3. The molecule has 2 N–H and O–H groups in total. The van der Waals surface area contributed by atoms with E-state index in [0.29, 0.717) is 11.4 Å². The van der Waals surface area contributed by atoms with Crippen LogP contribution in [0.15, 0.2) is 48.5 Å². The number of anilines is 1. The SMILES string of the molecule is Cc1ccccc1-n1nc(C(C)(C)C)c2c1N(CC(N)=O)C(=O)CS[C@H]2c1ccccc1F. The normalized spacial score (nSPS) is 16.5. The van der Waals surface area contributed by atoms with Crippen LogP contribution in [0.3, 0.4) is 0 Å². The maximum atomic E-state index is 15.0. The van der Waals surface area contributed by atoms with Crippen molar-refractivity contribution in [2.75, 3.05) is 17.2 Å². The van der Waals surface area contributed by atoms with Crippen molar-refractivity contribution < 1.29 is 14.0 Å². The summed E-state index contributed by atoms with van der Waals surface area (Å²) in [5, 5.41) is 4.49. The Labute approximate surface area is 197 Å². The van der Waals surface area contributed by atoms with Crippen molar-refractivity contribution in [3.05, 3.63) is 76.7 Å². The van der Waals surface area contributed by atoms with Crippen LogP contribution in [0.25, 0.3) is 5.69 Å². The van der Waals surface area contributed by atoms with Gasteiger partial charge in [0, 0.05) is 16.5 Å². The molecule has 3 aromatic rings. The highest BCUT2D eigenvalue weighted by atomic mass is 32.2. The van der Waals surface area contributed by atoms with Crippen molar-refractivity contribution in [1.29, 1.82) is 0 Å². The van der Waals surface area contributed by atoms with Gasteiger partial charge in [0.25, 0.3) is 0 Å². The highest BCUT2D eigenvalue weighted by Gasteiger charge is 2.40. The highest BCUT2D eigenvalue weighted by Crippen LogP contribution is 2.49. The number of carbonyl (C=O) groups excluding carboxylic acids is 2. The first kappa shape index (κ1) is 23.0. The second kappa shape index (κ2) is 8.67. The lowest BCUT2D eigenvalue weighted by Gasteiger charge is -2.24. The van der Waals surface area contributed by atoms with Gasteiger partial charge in [0.2, 0.25) is 11.8 Å². The number of para-hydroxylation sites is 1. The highest BCUT2D eigenvalue weighted by molar-refractivity contribution is 8.00. The average molecular weight is 467 g/mol. The van der Waals surface area contributed by atoms with Gasteiger partial charge in [-0.15, -0.1) is 11.8 Å². The van der Waals surface area contributed by atoms with Crippen LogP contribution >= 0.6 is 11.8 Å². The molecule has 1 aromatic heterocycles. The fraction of sp³-hybridized carbons (Fsp3) is 0.320. The predicted octanol–water partition coefficient (Wildman–Crippen LogP) is 4.27. The maximum absolute atomic E-state index is 15.0. The summed E-state index contributed by atoms with van der Waals surface area (Å²) in [5.41, 5.74) is 8.82.